The third-order valence-corrected chi connectivity index (χ3v) is 1.21. The summed E-state index contributed by atoms with van der Waals surface area (Å²) in [4.78, 5) is 23.0. The van der Waals surface area contributed by atoms with Crippen LogP contribution >= 0.6 is 0 Å². The van der Waals surface area contributed by atoms with Gasteiger partial charge in [-0.2, -0.15) is 0 Å². The number of nitrogens with two attached hydrogens (primary N) is 1. The number of hydrogen-bond acceptors (Lipinski definition) is 3. The quantitative estimate of drug-likeness (QED) is 0.399. The van der Waals surface area contributed by atoms with Gasteiger partial charge in [-0.25, -0.2) is 0 Å². The lowest BCUT2D eigenvalue weighted by Gasteiger charge is -1.91. The molecule has 0 unspecified atom stereocenters. The summed E-state index contributed by atoms with van der Waals surface area (Å²) in [7, 11) is 0. The van der Waals surface area contributed by atoms with Crippen molar-refractivity contribution in [2.24, 2.45) is 0 Å². The molecule has 0 aliphatic heterocycles. The lowest BCUT2D eigenvalue weighted by Crippen LogP contribution is -2.10. The fourth-order valence-corrected chi connectivity index (χ4v) is 0.686. The van der Waals surface area contributed by atoms with Crippen molar-refractivity contribution in [1.82, 2.24) is 4.98 Å². The van der Waals surface area contributed by atoms with Gasteiger partial charge in [0.1, 0.15) is 0 Å². The molecule has 0 bridgehead atoms. The number of aldehydes is 1. The van der Waals surface area contributed by atoms with Crippen LogP contribution in [-0.4, -0.2) is 11.3 Å². The minimum atomic E-state index is -0.355. The van der Waals surface area contributed by atoms with E-state index in [2.05, 4.69) is 16.8 Å². The highest BCUT2D eigenvalue weighted by Crippen LogP contribution is 1.95. The molecular formula is C8H6N2O2. The fraction of sp³-hybridized carbons (Fsp3) is 0. The van der Waals surface area contributed by atoms with Crippen molar-refractivity contribution in [2.75, 3.05) is 5.73 Å². The van der Waals surface area contributed by atoms with Crippen LogP contribution in [0.1, 0.15) is 5.56 Å². The Labute approximate surface area is 68.4 Å². The molecule has 1 heterocycles. The number of H-pyrrole nitrogens is 1. The Morgan fingerprint density at radius 2 is 2.33 bits per heavy atom. The van der Waals surface area contributed by atoms with Crippen LogP contribution < -0.4 is 11.3 Å². The summed E-state index contributed by atoms with van der Waals surface area (Å²) in [5, 5.41) is 0. The highest BCUT2D eigenvalue weighted by molar-refractivity contribution is 5.74. The van der Waals surface area contributed by atoms with E-state index in [0.717, 1.165) is 0 Å². The average Bonchev–Trinajstić information content (AvgIpc) is 2.07. The largest absolute Gasteiger partial charge is 0.394 e. The second kappa shape index (κ2) is 3.39. The van der Waals surface area contributed by atoms with Crippen LogP contribution in [0.15, 0.2) is 17.1 Å². The molecule has 0 spiro atoms. The molecule has 0 atom stereocenters. The summed E-state index contributed by atoms with van der Waals surface area (Å²) in [6.45, 7) is 0. The van der Waals surface area contributed by atoms with Crippen molar-refractivity contribution in [3.8, 4) is 11.8 Å². The van der Waals surface area contributed by atoms with E-state index in [0.29, 0.717) is 11.8 Å². The summed E-state index contributed by atoms with van der Waals surface area (Å²) in [6.07, 6.45) is 1.87. The van der Waals surface area contributed by atoms with E-state index < -0.39 is 0 Å². The lowest BCUT2D eigenvalue weighted by molar-refractivity contribution is -0.103. The van der Waals surface area contributed by atoms with Gasteiger partial charge in [-0.15, -0.1) is 0 Å². The van der Waals surface area contributed by atoms with Crippen LogP contribution in [0.3, 0.4) is 0 Å². The second-order valence-electron chi connectivity index (χ2n) is 2.06. The van der Waals surface area contributed by atoms with Gasteiger partial charge in [0.25, 0.3) is 5.56 Å². The molecule has 1 aromatic rings. The van der Waals surface area contributed by atoms with Crippen LogP contribution in [0.4, 0.5) is 5.69 Å². The molecule has 0 aromatic carbocycles. The molecule has 60 valence electrons. The fourth-order valence-electron chi connectivity index (χ4n) is 0.686. The monoisotopic (exact) mass is 162 g/mol. The molecule has 4 nitrogen and oxygen atoms in total. The van der Waals surface area contributed by atoms with E-state index in [1.165, 1.54) is 12.3 Å². The Morgan fingerprint density at radius 3 is 2.92 bits per heavy atom. The SMILES string of the molecule is Nc1cc(C#CC=O)c[nH]c1=O. The molecular weight excluding hydrogens is 156 g/mol. The van der Waals surface area contributed by atoms with Gasteiger partial charge in [0.15, 0.2) is 6.29 Å². The predicted molar refractivity (Wildman–Crippen MR) is 44.4 cm³/mol. The summed E-state index contributed by atoms with van der Waals surface area (Å²) < 4.78 is 0. The molecule has 0 amide bonds. The molecule has 0 fully saturated rings. The highest BCUT2D eigenvalue weighted by atomic mass is 16.1. The van der Waals surface area contributed by atoms with Gasteiger partial charge in [-0.1, -0.05) is 5.92 Å². The van der Waals surface area contributed by atoms with Crippen molar-refractivity contribution in [2.45, 2.75) is 0 Å². The van der Waals surface area contributed by atoms with E-state index in [1.54, 1.807) is 0 Å². The normalized spacial score (nSPS) is 8.33. The first-order chi connectivity index (χ1) is 5.74. The number of anilines is 1. The smallest absolute Gasteiger partial charge is 0.271 e. The third kappa shape index (κ3) is 1.73. The second-order valence-corrected chi connectivity index (χ2v) is 2.06. The minimum Gasteiger partial charge on any atom is -0.394 e. The molecule has 0 saturated heterocycles. The first-order valence-electron chi connectivity index (χ1n) is 3.17. The Morgan fingerprint density at radius 1 is 1.58 bits per heavy atom. The van der Waals surface area contributed by atoms with Crippen LogP contribution in [-0.2, 0) is 4.79 Å². The molecule has 1 rings (SSSR count). The number of nitrogen functional groups attached to an aromatic ring is 1. The number of carbonyl (C=O) groups is 1. The van der Waals surface area contributed by atoms with E-state index in [4.69, 9.17) is 5.73 Å². The number of nitrogens with one attached hydrogen (secondary N) is 1. The van der Waals surface area contributed by atoms with Gasteiger partial charge in [-0.3, -0.25) is 9.59 Å². The molecule has 4 heteroatoms. The van der Waals surface area contributed by atoms with Crippen molar-refractivity contribution in [3.05, 3.63) is 28.2 Å². The lowest BCUT2D eigenvalue weighted by atomic mass is 10.3. The number of aromatic nitrogens is 1. The molecule has 0 radical (unpaired) electrons. The van der Waals surface area contributed by atoms with E-state index in [9.17, 15) is 9.59 Å². The molecule has 0 aliphatic rings. The van der Waals surface area contributed by atoms with Crippen molar-refractivity contribution in [3.63, 3.8) is 0 Å². The number of carbonyl (C=O) groups excluding carboxylic acids is 1. The third-order valence-electron chi connectivity index (χ3n) is 1.21. The van der Waals surface area contributed by atoms with Crippen molar-refractivity contribution < 1.29 is 4.79 Å². The maximum absolute atomic E-state index is 10.7. The molecule has 0 aliphatic carbocycles. The number of pyridine rings is 1. The maximum Gasteiger partial charge on any atom is 0.271 e. The summed E-state index contributed by atoms with van der Waals surface area (Å²) >= 11 is 0. The van der Waals surface area contributed by atoms with Crippen molar-refractivity contribution in [1.29, 1.82) is 0 Å². The molecule has 3 N–H and O–H groups in total. The number of aromatic amines is 1. The molecule has 1 aromatic heterocycles. The topological polar surface area (TPSA) is 76.0 Å². The van der Waals surface area contributed by atoms with Gasteiger partial charge in [0.2, 0.25) is 0 Å². The van der Waals surface area contributed by atoms with E-state index in [1.807, 2.05) is 0 Å². The summed E-state index contributed by atoms with van der Waals surface area (Å²) in [5.41, 5.74) is 5.54. The Hall–Kier alpha value is -2.02. The summed E-state index contributed by atoms with van der Waals surface area (Å²) in [6, 6.07) is 1.41. The van der Waals surface area contributed by atoms with E-state index in [-0.39, 0.29) is 11.2 Å². The van der Waals surface area contributed by atoms with E-state index >= 15 is 0 Å². The Balaban J connectivity index is 3.13. The van der Waals surface area contributed by atoms with Gasteiger partial charge < -0.3 is 10.7 Å². The zero-order valence-corrected chi connectivity index (χ0v) is 6.13. The standard InChI is InChI=1S/C8H6N2O2/c9-7-4-6(2-1-3-11)5-10-8(7)12/h3-5H,9H2,(H,10,12). The van der Waals surface area contributed by atoms with Gasteiger partial charge in [-0.05, 0) is 12.0 Å². The zero-order valence-electron chi connectivity index (χ0n) is 6.13. The van der Waals surface area contributed by atoms with Gasteiger partial charge >= 0.3 is 0 Å². The maximum atomic E-state index is 10.7. The molecule has 0 saturated carbocycles. The number of rotatable bonds is 0. The van der Waals surface area contributed by atoms with Crippen LogP contribution in [0.5, 0.6) is 0 Å². The zero-order chi connectivity index (χ0) is 8.97. The predicted octanol–water partition coefficient (Wildman–Crippen LogP) is -0.492. The first kappa shape index (κ1) is 8.08. The average molecular weight is 162 g/mol. The Bertz CT molecular complexity index is 409. The minimum absolute atomic E-state index is 0.0905. The summed E-state index contributed by atoms with van der Waals surface area (Å²) in [5.74, 6) is 4.70. The molecule has 12 heavy (non-hydrogen) atoms. The van der Waals surface area contributed by atoms with Gasteiger partial charge in [0, 0.05) is 11.8 Å². The van der Waals surface area contributed by atoms with Crippen LogP contribution in [0.25, 0.3) is 0 Å². The van der Waals surface area contributed by atoms with Crippen LogP contribution in [0.2, 0.25) is 0 Å². The van der Waals surface area contributed by atoms with Crippen LogP contribution in [0, 0.1) is 11.8 Å². The number of hydrogen-bond donors (Lipinski definition) is 2. The highest BCUT2D eigenvalue weighted by Gasteiger charge is 1.92. The first-order valence-corrected chi connectivity index (χ1v) is 3.17. The van der Waals surface area contributed by atoms with Gasteiger partial charge in [0.05, 0.1) is 5.69 Å². The van der Waals surface area contributed by atoms with Crippen molar-refractivity contribution >= 4 is 12.0 Å². The Kier molecular flexibility index (Phi) is 2.29.